The van der Waals surface area contributed by atoms with Gasteiger partial charge in [-0.15, -0.1) is 0 Å². The summed E-state index contributed by atoms with van der Waals surface area (Å²) < 4.78 is 4.96. The third-order valence-corrected chi connectivity index (χ3v) is 3.15. The van der Waals surface area contributed by atoms with E-state index in [0.717, 1.165) is 6.42 Å². The van der Waals surface area contributed by atoms with Gasteiger partial charge in [-0.1, -0.05) is 6.92 Å². The summed E-state index contributed by atoms with van der Waals surface area (Å²) in [6.07, 6.45) is 4.74. The smallest absolute Gasteiger partial charge is 0.322 e. The number of rotatable bonds is 5. The van der Waals surface area contributed by atoms with Crippen molar-refractivity contribution in [1.29, 1.82) is 0 Å². The number of carbonyl (C=O) groups is 1. The minimum atomic E-state index is -0.171. The van der Waals surface area contributed by atoms with Crippen LogP contribution < -0.4 is 5.32 Å². The Bertz CT molecular complexity index is 194. The molecule has 0 aromatic rings. The van der Waals surface area contributed by atoms with Crippen LogP contribution in [0.15, 0.2) is 0 Å². The largest absolute Gasteiger partial charge is 0.465 e. The summed E-state index contributed by atoms with van der Waals surface area (Å²) in [6, 6.07) is -0.171. The van der Waals surface area contributed by atoms with Crippen molar-refractivity contribution in [2.45, 2.75) is 58.0 Å². The molecule has 0 amide bonds. The van der Waals surface area contributed by atoms with Crippen LogP contribution in [0, 0.1) is 0 Å². The lowest BCUT2D eigenvalue weighted by Gasteiger charge is -2.43. The molecule has 14 heavy (non-hydrogen) atoms. The Morgan fingerprint density at radius 2 is 2.14 bits per heavy atom. The molecule has 0 aromatic heterocycles. The Labute approximate surface area is 86.2 Å². The molecule has 1 N–H and O–H groups in total. The second-order valence-electron chi connectivity index (χ2n) is 4.11. The van der Waals surface area contributed by atoms with Crippen molar-refractivity contribution in [3.8, 4) is 0 Å². The zero-order valence-corrected chi connectivity index (χ0v) is 9.43. The lowest BCUT2D eigenvalue weighted by atomic mass is 9.74. The molecule has 82 valence electrons. The number of esters is 1. The normalized spacial score (nSPS) is 21.1. The Kier molecular flexibility index (Phi) is 3.93. The summed E-state index contributed by atoms with van der Waals surface area (Å²) in [5.41, 5.74) is 0.214. The van der Waals surface area contributed by atoms with E-state index in [1.807, 2.05) is 13.8 Å². The average molecular weight is 199 g/mol. The third kappa shape index (κ3) is 2.47. The van der Waals surface area contributed by atoms with Crippen LogP contribution >= 0.6 is 0 Å². The topological polar surface area (TPSA) is 38.3 Å². The summed E-state index contributed by atoms with van der Waals surface area (Å²) in [5.74, 6) is -0.132. The highest BCUT2D eigenvalue weighted by Gasteiger charge is 2.37. The molecular weight excluding hydrogens is 178 g/mol. The van der Waals surface area contributed by atoms with Crippen molar-refractivity contribution in [2.24, 2.45) is 0 Å². The molecule has 1 rings (SSSR count). The molecule has 1 atom stereocenters. The zero-order valence-electron chi connectivity index (χ0n) is 9.43. The van der Waals surface area contributed by atoms with Crippen molar-refractivity contribution in [3.05, 3.63) is 0 Å². The van der Waals surface area contributed by atoms with Crippen LogP contribution in [0.1, 0.15) is 46.5 Å². The number of hydrogen-bond donors (Lipinski definition) is 1. The van der Waals surface area contributed by atoms with Gasteiger partial charge in [-0.05, 0) is 39.5 Å². The summed E-state index contributed by atoms with van der Waals surface area (Å²) in [6.45, 7) is 6.35. The zero-order chi connectivity index (χ0) is 10.6. The van der Waals surface area contributed by atoms with Crippen LogP contribution in [-0.2, 0) is 9.53 Å². The van der Waals surface area contributed by atoms with Crippen molar-refractivity contribution < 1.29 is 9.53 Å². The first-order valence-electron chi connectivity index (χ1n) is 5.58. The van der Waals surface area contributed by atoms with E-state index in [0.29, 0.717) is 6.61 Å². The van der Waals surface area contributed by atoms with E-state index < -0.39 is 0 Å². The van der Waals surface area contributed by atoms with Crippen LogP contribution in [0.2, 0.25) is 0 Å². The average Bonchev–Trinajstić information content (AvgIpc) is 2.11. The van der Waals surface area contributed by atoms with Crippen LogP contribution in [0.3, 0.4) is 0 Å². The quantitative estimate of drug-likeness (QED) is 0.687. The fraction of sp³-hybridized carbons (Fsp3) is 0.909. The van der Waals surface area contributed by atoms with Crippen molar-refractivity contribution >= 4 is 5.97 Å². The van der Waals surface area contributed by atoms with Crippen LogP contribution in [0.4, 0.5) is 0 Å². The van der Waals surface area contributed by atoms with Crippen molar-refractivity contribution in [2.75, 3.05) is 6.61 Å². The maximum Gasteiger partial charge on any atom is 0.322 e. The highest BCUT2D eigenvalue weighted by Crippen LogP contribution is 2.34. The minimum absolute atomic E-state index is 0.132. The van der Waals surface area contributed by atoms with Crippen LogP contribution in [0.25, 0.3) is 0 Å². The van der Waals surface area contributed by atoms with Gasteiger partial charge in [0.15, 0.2) is 0 Å². The molecular formula is C11H21NO2. The van der Waals surface area contributed by atoms with Gasteiger partial charge in [0.05, 0.1) is 6.61 Å². The van der Waals surface area contributed by atoms with E-state index >= 15 is 0 Å². The monoisotopic (exact) mass is 199 g/mol. The van der Waals surface area contributed by atoms with E-state index in [1.54, 1.807) is 0 Å². The molecule has 0 aliphatic heterocycles. The van der Waals surface area contributed by atoms with Gasteiger partial charge < -0.3 is 4.74 Å². The lowest BCUT2D eigenvalue weighted by Crippen LogP contribution is -2.56. The molecule has 3 nitrogen and oxygen atoms in total. The number of ether oxygens (including phenoxy) is 1. The van der Waals surface area contributed by atoms with Crippen LogP contribution in [-0.4, -0.2) is 24.2 Å². The number of hydrogen-bond acceptors (Lipinski definition) is 3. The number of nitrogens with one attached hydrogen (secondary N) is 1. The van der Waals surface area contributed by atoms with E-state index in [4.69, 9.17) is 4.74 Å². The van der Waals surface area contributed by atoms with E-state index in [-0.39, 0.29) is 17.6 Å². The Balaban J connectivity index is 2.38. The third-order valence-electron chi connectivity index (χ3n) is 3.15. The van der Waals surface area contributed by atoms with E-state index in [9.17, 15) is 4.79 Å². The Hall–Kier alpha value is -0.570. The Morgan fingerprint density at radius 3 is 2.50 bits per heavy atom. The van der Waals surface area contributed by atoms with Gasteiger partial charge in [0.25, 0.3) is 0 Å². The SMILES string of the molecule is CCOC(=O)C(C)NC1(CC)CCC1. The first kappa shape index (κ1) is 11.5. The first-order valence-corrected chi connectivity index (χ1v) is 5.58. The second kappa shape index (κ2) is 4.78. The summed E-state index contributed by atoms with van der Waals surface area (Å²) in [4.78, 5) is 11.4. The van der Waals surface area contributed by atoms with Gasteiger partial charge >= 0.3 is 5.97 Å². The minimum Gasteiger partial charge on any atom is -0.465 e. The van der Waals surface area contributed by atoms with Gasteiger partial charge in [0.2, 0.25) is 0 Å². The molecule has 1 unspecified atom stereocenters. The molecule has 0 bridgehead atoms. The van der Waals surface area contributed by atoms with Gasteiger partial charge in [0, 0.05) is 5.54 Å². The fourth-order valence-corrected chi connectivity index (χ4v) is 1.99. The standard InChI is InChI=1S/C11H21NO2/c1-4-11(7-6-8-11)12-9(3)10(13)14-5-2/h9,12H,4-8H2,1-3H3. The van der Waals surface area contributed by atoms with Crippen molar-refractivity contribution in [1.82, 2.24) is 5.32 Å². The number of carbonyl (C=O) groups excluding carboxylic acids is 1. The molecule has 3 heteroatoms. The Morgan fingerprint density at radius 1 is 1.50 bits per heavy atom. The lowest BCUT2D eigenvalue weighted by molar-refractivity contribution is -0.146. The highest BCUT2D eigenvalue weighted by molar-refractivity contribution is 5.75. The molecule has 0 saturated heterocycles. The molecule has 0 spiro atoms. The van der Waals surface area contributed by atoms with Gasteiger partial charge in [-0.2, -0.15) is 0 Å². The maximum atomic E-state index is 11.4. The molecule has 1 aliphatic carbocycles. The van der Waals surface area contributed by atoms with Gasteiger partial charge in [-0.25, -0.2) is 0 Å². The summed E-state index contributed by atoms with van der Waals surface area (Å²) >= 11 is 0. The van der Waals surface area contributed by atoms with Crippen LogP contribution in [0.5, 0.6) is 0 Å². The highest BCUT2D eigenvalue weighted by atomic mass is 16.5. The summed E-state index contributed by atoms with van der Waals surface area (Å²) in [7, 11) is 0. The predicted octanol–water partition coefficient (Wildman–Crippen LogP) is 1.86. The molecule has 0 aromatic carbocycles. The molecule has 1 fully saturated rings. The maximum absolute atomic E-state index is 11.4. The second-order valence-corrected chi connectivity index (χ2v) is 4.11. The first-order chi connectivity index (χ1) is 6.63. The molecule has 0 radical (unpaired) electrons. The van der Waals surface area contributed by atoms with Crippen molar-refractivity contribution in [3.63, 3.8) is 0 Å². The fourth-order valence-electron chi connectivity index (χ4n) is 1.99. The van der Waals surface area contributed by atoms with Gasteiger partial charge in [0.1, 0.15) is 6.04 Å². The summed E-state index contributed by atoms with van der Waals surface area (Å²) in [5, 5.41) is 3.39. The van der Waals surface area contributed by atoms with Gasteiger partial charge in [-0.3, -0.25) is 10.1 Å². The van der Waals surface area contributed by atoms with E-state index in [1.165, 1.54) is 19.3 Å². The molecule has 1 aliphatic rings. The van der Waals surface area contributed by atoms with E-state index in [2.05, 4.69) is 12.2 Å². The molecule has 0 heterocycles. The molecule has 1 saturated carbocycles. The predicted molar refractivity (Wildman–Crippen MR) is 56.1 cm³/mol.